The van der Waals surface area contributed by atoms with Crippen LogP contribution in [0, 0.1) is 11.7 Å². The van der Waals surface area contributed by atoms with Crippen LogP contribution in [0.1, 0.15) is 18.1 Å². The number of aromatic nitrogens is 3. The standard InChI is InChI=1S/C18H18N4O2S/c1-3-24-15-6-4-5-14(16(15)23)11-19-22-17(20-21-18(22)25)13-9-7-12(2)8-10-13/h4-11,23H,3H2,1-2H3,(H,21,25). The molecule has 3 rings (SSSR count). The number of ether oxygens (including phenoxy) is 1. The Labute approximate surface area is 150 Å². The van der Waals surface area contributed by atoms with E-state index in [-0.39, 0.29) is 5.75 Å². The molecule has 0 aliphatic rings. The van der Waals surface area contributed by atoms with Crippen molar-refractivity contribution < 1.29 is 9.84 Å². The van der Waals surface area contributed by atoms with Crippen molar-refractivity contribution in [3.8, 4) is 22.9 Å². The number of aromatic hydroxyl groups is 1. The van der Waals surface area contributed by atoms with Crippen molar-refractivity contribution >= 4 is 18.4 Å². The van der Waals surface area contributed by atoms with Gasteiger partial charge >= 0.3 is 0 Å². The van der Waals surface area contributed by atoms with E-state index < -0.39 is 0 Å². The van der Waals surface area contributed by atoms with Crippen LogP contribution in [0.15, 0.2) is 47.6 Å². The molecule has 0 aliphatic carbocycles. The predicted octanol–water partition coefficient (Wildman–Crippen LogP) is 3.90. The molecule has 128 valence electrons. The molecule has 0 bridgehead atoms. The number of rotatable bonds is 5. The largest absolute Gasteiger partial charge is 0.504 e. The molecule has 1 aromatic heterocycles. The monoisotopic (exact) mass is 354 g/mol. The number of H-pyrrole nitrogens is 1. The van der Waals surface area contributed by atoms with Gasteiger partial charge < -0.3 is 9.84 Å². The van der Waals surface area contributed by atoms with E-state index in [9.17, 15) is 5.11 Å². The van der Waals surface area contributed by atoms with Gasteiger partial charge in [-0.05, 0) is 38.2 Å². The first kappa shape index (κ1) is 16.9. The first-order valence-electron chi connectivity index (χ1n) is 7.83. The summed E-state index contributed by atoms with van der Waals surface area (Å²) in [5, 5.41) is 21.6. The van der Waals surface area contributed by atoms with Gasteiger partial charge in [0, 0.05) is 11.1 Å². The second-order valence-electron chi connectivity index (χ2n) is 5.40. The molecule has 7 heteroatoms. The van der Waals surface area contributed by atoms with Crippen LogP contribution >= 0.6 is 12.2 Å². The Hall–Kier alpha value is -2.93. The minimum atomic E-state index is 0.0417. The van der Waals surface area contributed by atoms with Crippen LogP contribution < -0.4 is 4.74 Å². The van der Waals surface area contributed by atoms with Gasteiger partial charge in [-0.25, -0.2) is 5.10 Å². The van der Waals surface area contributed by atoms with E-state index in [1.807, 2.05) is 38.1 Å². The molecule has 2 N–H and O–H groups in total. The highest BCUT2D eigenvalue weighted by Crippen LogP contribution is 2.28. The molecule has 6 nitrogen and oxygen atoms in total. The van der Waals surface area contributed by atoms with Gasteiger partial charge in [0.2, 0.25) is 4.77 Å². The van der Waals surface area contributed by atoms with Crippen LogP contribution in [0.3, 0.4) is 0 Å². The predicted molar refractivity (Wildman–Crippen MR) is 99.9 cm³/mol. The maximum Gasteiger partial charge on any atom is 0.216 e. The molecule has 0 spiro atoms. The number of hydrogen-bond donors (Lipinski definition) is 2. The molecule has 25 heavy (non-hydrogen) atoms. The number of nitrogens with zero attached hydrogens (tertiary/aromatic N) is 3. The minimum Gasteiger partial charge on any atom is -0.504 e. The Morgan fingerprint density at radius 2 is 2.04 bits per heavy atom. The van der Waals surface area contributed by atoms with Gasteiger partial charge in [0.1, 0.15) is 0 Å². The molecule has 2 aromatic carbocycles. The number of phenols is 1. The molecule has 0 unspecified atom stereocenters. The average Bonchev–Trinajstić information content (AvgIpc) is 2.97. The summed E-state index contributed by atoms with van der Waals surface area (Å²) in [6, 6.07) is 13.2. The molecule has 0 amide bonds. The smallest absolute Gasteiger partial charge is 0.216 e. The lowest BCUT2D eigenvalue weighted by atomic mass is 10.1. The fraction of sp³-hybridized carbons (Fsp3) is 0.167. The Kier molecular flexibility index (Phi) is 4.95. The van der Waals surface area contributed by atoms with Gasteiger partial charge in [0.05, 0.1) is 12.8 Å². The van der Waals surface area contributed by atoms with Crippen molar-refractivity contribution in [2.24, 2.45) is 5.10 Å². The second kappa shape index (κ2) is 7.31. The molecule has 0 aliphatic heterocycles. The quantitative estimate of drug-likeness (QED) is 0.538. The van der Waals surface area contributed by atoms with Crippen molar-refractivity contribution in [1.82, 2.24) is 14.9 Å². The Balaban J connectivity index is 1.98. The lowest BCUT2D eigenvalue weighted by molar-refractivity contribution is 0.318. The first-order valence-corrected chi connectivity index (χ1v) is 8.24. The van der Waals surface area contributed by atoms with Crippen LogP contribution in [0.25, 0.3) is 11.4 Å². The van der Waals surface area contributed by atoms with E-state index in [4.69, 9.17) is 17.0 Å². The molecule has 0 atom stereocenters. The van der Waals surface area contributed by atoms with Crippen molar-refractivity contribution in [3.63, 3.8) is 0 Å². The Bertz CT molecular complexity index is 958. The molecule has 3 aromatic rings. The zero-order valence-corrected chi connectivity index (χ0v) is 14.7. The molecule has 0 saturated carbocycles. The molecule has 0 radical (unpaired) electrons. The Morgan fingerprint density at radius 3 is 2.76 bits per heavy atom. The van der Waals surface area contributed by atoms with E-state index in [1.165, 1.54) is 10.9 Å². The highest BCUT2D eigenvalue weighted by Gasteiger charge is 2.09. The Morgan fingerprint density at radius 1 is 1.28 bits per heavy atom. The maximum absolute atomic E-state index is 10.3. The number of phenolic OH excluding ortho intramolecular Hbond substituents is 1. The number of aryl methyl sites for hydroxylation is 1. The van der Waals surface area contributed by atoms with Crippen molar-refractivity contribution in [3.05, 3.63) is 58.4 Å². The molecular formula is C18H18N4O2S. The van der Waals surface area contributed by atoms with Crippen LogP contribution in [0.2, 0.25) is 0 Å². The number of nitrogens with one attached hydrogen (secondary N) is 1. The molecule has 0 saturated heterocycles. The van der Waals surface area contributed by atoms with Gasteiger partial charge in [-0.15, -0.1) is 0 Å². The number of hydrogen-bond acceptors (Lipinski definition) is 5. The van der Waals surface area contributed by atoms with Crippen LogP contribution in [0.5, 0.6) is 11.5 Å². The topological polar surface area (TPSA) is 75.4 Å². The summed E-state index contributed by atoms with van der Waals surface area (Å²) in [6.45, 7) is 4.35. The van der Waals surface area contributed by atoms with Crippen molar-refractivity contribution in [1.29, 1.82) is 0 Å². The first-order chi connectivity index (χ1) is 12.1. The summed E-state index contributed by atoms with van der Waals surface area (Å²) < 4.78 is 7.27. The van der Waals surface area contributed by atoms with E-state index in [0.717, 1.165) is 11.1 Å². The van der Waals surface area contributed by atoms with Crippen LogP contribution in [-0.2, 0) is 0 Å². The maximum atomic E-state index is 10.3. The highest BCUT2D eigenvalue weighted by molar-refractivity contribution is 7.71. The van der Waals surface area contributed by atoms with Crippen molar-refractivity contribution in [2.75, 3.05) is 6.61 Å². The fourth-order valence-corrected chi connectivity index (χ4v) is 2.50. The summed E-state index contributed by atoms with van der Waals surface area (Å²) in [7, 11) is 0. The number of aromatic amines is 1. The molecule has 1 heterocycles. The van der Waals surface area contributed by atoms with Gasteiger partial charge in [0.15, 0.2) is 17.3 Å². The average molecular weight is 354 g/mol. The summed E-state index contributed by atoms with van der Waals surface area (Å²) >= 11 is 5.26. The van der Waals surface area contributed by atoms with E-state index in [2.05, 4.69) is 15.3 Å². The van der Waals surface area contributed by atoms with Gasteiger partial charge in [-0.1, -0.05) is 35.9 Å². The summed E-state index contributed by atoms with van der Waals surface area (Å²) in [5.41, 5.74) is 2.58. The van der Waals surface area contributed by atoms with Gasteiger partial charge in [-0.3, -0.25) is 0 Å². The van der Waals surface area contributed by atoms with E-state index in [1.54, 1.807) is 18.2 Å². The van der Waals surface area contributed by atoms with Crippen LogP contribution in [0.4, 0.5) is 0 Å². The van der Waals surface area contributed by atoms with Crippen molar-refractivity contribution in [2.45, 2.75) is 13.8 Å². The summed E-state index contributed by atoms with van der Waals surface area (Å²) in [4.78, 5) is 0. The second-order valence-corrected chi connectivity index (χ2v) is 5.79. The third-order valence-corrected chi connectivity index (χ3v) is 3.87. The fourth-order valence-electron chi connectivity index (χ4n) is 2.32. The lowest BCUT2D eigenvalue weighted by Gasteiger charge is -2.07. The normalized spacial score (nSPS) is 11.1. The SMILES string of the molecule is CCOc1cccc(C=Nn2c(-c3ccc(C)cc3)n[nH]c2=S)c1O. The number of para-hydroxylation sites is 1. The van der Waals surface area contributed by atoms with E-state index in [0.29, 0.717) is 28.5 Å². The van der Waals surface area contributed by atoms with Gasteiger partial charge in [-0.2, -0.15) is 14.9 Å². The minimum absolute atomic E-state index is 0.0417. The van der Waals surface area contributed by atoms with E-state index >= 15 is 0 Å². The lowest BCUT2D eigenvalue weighted by Crippen LogP contribution is -1.97. The van der Waals surface area contributed by atoms with Crippen LogP contribution in [-0.4, -0.2) is 32.8 Å². The zero-order chi connectivity index (χ0) is 17.8. The zero-order valence-electron chi connectivity index (χ0n) is 13.9. The number of benzene rings is 2. The molecule has 0 fully saturated rings. The van der Waals surface area contributed by atoms with Gasteiger partial charge in [0.25, 0.3) is 0 Å². The third-order valence-electron chi connectivity index (χ3n) is 3.60. The third kappa shape index (κ3) is 3.61. The molecular weight excluding hydrogens is 336 g/mol. The summed E-state index contributed by atoms with van der Waals surface area (Å²) in [5.74, 6) is 1.06. The summed E-state index contributed by atoms with van der Waals surface area (Å²) in [6.07, 6.45) is 1.53. The highest BCUT2D eigenvalue weighted by atomic mass is 32.1.